The SMILES string of the molecule is CC(=O)Nc1cc(C(=O)Nc2cc3c(c(-c4cc5ccccc5s4)c2)CN=C3)ccn1. The van der Waals surface area contributed by atoms with Crippen LogP contribution in [-0.2, 0) is 11.3 Å². The van der Waals surface area contributed by atoms with Crippen molar-refractivity contribution in [3.63, 3.8) is 0 Å². The molecule has 2 aromatic heterocycles. The number of benzene rings is 2. The lowest BCUT2D eigenvalue weighted by atomic mass is 10.00. The minimum Gasteiger partial charge on any atom is -0.322 e. The first-order valence-electron chi connectivity index (χ1n) is 9.77. The van der Waals surface area contributed by atoms with Crippen molar-refractivity contribution < 1.29 is 9.59 Å². The van der Waals surface area contributed by atoms with Crippen LogP contribution in [0.2, 0.25) is 0 Å². The summed E-state index contributed by atoms with van der Waals surface area (Å²) in [6.45, 7) is 2.04. The number of anilines is 2. The number of aromatic nitrogens is 1. The van der Waals surface area contributed by atoms with E-state index in [1.165, 1.54) is 28.8 Å². The van der Waals surface area contributed by atoms with Crippen LogP contribution in [0.1, 0.15) is 28.4 Å². The van der Waals surface area contributed by atoms with Crippen molar-refractivity contribution in [2.45, 2.75) is 13.5 Å². The van der Waals surface area contributed by atoms with Gasteiger partial charge in [-0.2, -0.15) is 0 Å². The van der Waals surface area contributed by atoms with Crippen LogP contribution < -0.4 is 10.6 Å². The summed E-state index contributed by atoms with van der Waals surface area (Å²) in [6, 6.07) is 17.6. The molecular weight excluding hydrogens is 408 g/mol. The van der Waals surface area contributed by atoms with Crippen LogP contribution >= 0.6 is 11.3 Å². The Kier molecular flexibility index (Phi) is 4.80. The summed E-state index contributed by atoms with van der Waals surface area (Å²) in [4.78, 5) is 33.8. The van der Waals surface area contributed by atoms with Gasteiger partial charge in [0.1, 0.15) is 5.82 Å². The lowest BCUT2D eigenvalue weighted by Crippen LogP contribution is -2.14. The van der Waals surface area contributed by atoms with E-state index in [0.717, 1.165) is 16.0 Å². The molecule has 1 aliphatic rings. The Bertz CT molecular complexity index is 1340. The summed E-state index contributed by atoms with van der Waals surface area (Å²) < 4.78 is 1.22. The molecule has 1 aliphatic heterocycles. The van der Waals surface area contributed by atoms with Gasteiger partial charge in [-0.05, 0) is 52.9 Å². The zero-order valence-electron chi connectivity index (χ0n) is 16.7. The topological polar surface area (TPSA) is 83.5 Å². The Morgan fingerprint density at radius 2 is 1.90 bits per heavy atom. The molecule has 2 aromatic carbocycles. The number of nitrogens with one attached hydrogen (secondary N) is 2. The molecule has 4 aromatic rings. The van der Waals surface area contributed by atoms with Gasteiger partial charge in [-0.15, -0.1) is 11.3 Å². The van der Waals surface area contributed by atoms with Crippen LogP contribution in [0.3, 0.4) is 0 Å². The van der Waals surface area contributed by atoms with Crippen molar-refractivity contribution >= 4 is 51.0 Å². The summed E-state index contributed by atoms with van der Waals surface area (Å²) in [6.07, 6.45) is 3.35. The molecule has 0 radical (unpaired) electrons. The zero-order chi connectivity index (χ0) is 21.4. The van der Waals surface area contributed by atoms with Crippen molar-refractivity contribution in [3.8, 4) is 10.4 Å². The number of thiophene rings is 1. The second kappa shape index (κ2) is 7.77. The second-order valence-electron chi connectivity index (χ2n) is 7.27. The maximum atomic E-state index is 12.9. The van der Waals surface area contributed by atoms with Crippen LogP contribution in [0.25, 0.3) is 20.5 Å². The summed E-state index contributed by atoms with van der Waals surface area (Å²) in [5.41, 5.74) is 4.37. The fourth-order valence-corrected chi connectivity index (χ4v) is 4.76. The van der Waals surface area contributed by atoms with Gasteiger partial charge in [-0.3, -0.25) is 14.6 Å². The van der Waals surface area contributed by atoms with Gasteiger partial charge in [-0.1, -0.05) is 18.2 Å². The van der Waals surface area contributed by atoms with Gasteiger partial charge < -0.3 is 10.6 Å². The minimum absolute atomic E-state index is 0.240. The summed E-state index contributed by atoms with van der Waals surface area (Å²) in [7, 11) is 0. The Morgan fingerprint density at radius 1 is 1.03 bits per heavy atom. The number of nitrogens with zero attached hydrogens (tertiary/aromatic N) is 2. The van der Waals surface area contributed by atoms with E-state index in [4.69, 9.17) is 0 Å². The molecular formula is C24H18N4O2S. The highest BCUT2D eigenvalue weighted by Gasteiger charge is 2.18. The highest BCUT2D eigenvalue weighted by atomic mass is 32.1. The van der Waals surface area contributed by atoms with Gasteiger partial charge in [0.25, 0.3) is 5.91 Å². The fraction of sp³-hybridized carbons (Fsp3) is 0.0833. The first kappa shape index (κ1) is 19.1. The number of pyridine rings is 1. The first-order chi connectivity index (χ1) is 15.1. The van der Waals surface area contributed by atoms with Crippen molar-refractivity contribution in [2.75, 3.05) is 10.6 Å². The Morgan fingerprint density at radius 3 is 2.74 bits per heavy atom. The van der Waals surface area contributed by atoms with Crippen molar-refractivity contribution in [3.05, 3.63) is 77.5 Å². The normalized spacial score (nSPS) is 12.0. The van der Waals surface area contributed by atoms with Gasteiger partial charge >= 0.3 is 0 Å². The van der Waals surface area contributed by atoms with E-state index in [0.29, 0.717) is 23.6 Å². The third-order valence-electron chi connectivity index (χ3n) is 5.04. The van der Waals surface area contributed by atoms with Gasteiger partial charge in [-0.25, -0.2) is 4.98 Å². The third kappa shape index (κ3) is 3.83. The third-order valence-corrected chi connectivity index (χ3v) is 6.19. The Hall–Kier alpha value is -3.84. The fourth-order valence-electron chi connectivity index (χ4n) is 3.65. The van der Waals surface area contributed by atoms with Gasteiger partial charge in [0.05, 0.1) is 6.54 Å². The number of rotatable bonds is 4. The molecule has 0 saturated carbocycles. The van der Waals surface area contributed by atoms with Gasteiger partial charge in [0, 0.05) is 45.7 Å². The van der Waals surface area contributed by atoms with Crippen LogP contribution in [0, 0.1) is 0 Å². The van der Waals surface area contributed by atoms with E-state index < -0.39 is 0 Å². The molecule has 0 atom stereocenters. The van der Waals surface area contributed by atoms with Crippen molar-refractivity contribution in [1.29, 1.82) is 0 Å². The summed E-state index contributed by atoms with van der Waals surface area (Å²) in [5.74, 6) is -0.172. The molecule has 7 heteroatoms. The number of hydrogen-bond acceptors (Lipinski definition) is 5. The highest BCUT2D eigenvalue weighted by Crippen LogP contribution is 2.39. The van der Waals surface area contributed by atoms with E-state index in [1.54, 1.807) is 23.5 Å². The van der Waals surface area contributed by atoms with Crippen LogP contribution in [0.5, 0.6) is 0 Å². The highest BCUT2D eigenvalue weighted by molar-refractivity contribution is 7.22. The van der Waals surface area contributed by atoms with E-state index in [9.17, 15) is 9.59 Å². The van der Waals surface area contributed by atoms with Crippen LogP contribution in [0.15, 0.2) is 65.8 Å². The number of carbonyl (C=O) groups excluding carboxylic acids is 2. The average molecular weight is 427 g/mol. The van der Waals surface area contributed by atoms with E-state index >= 15 is 0 Å². The van der Waals surface area contributed by atoms with Crippen molar-refractivity contribution in [2.24, 2.45) is 4.99 Å². The molecule has 152 valence electrons. The van der Waals surface area contributed by atoms with E-state index in [-0.39, 0.29) is 11.8 Å². The largest absolute Gasteiger partial charge is 0.322 e. The molecule has 2 amide bonds. The molecule has 0 unspecified atom stereocenters. The zero-order valence-corrected chi connectivity index (χ0v) is 17.5. The Balaban J connectivity index is 1.49. The maximum absolute atomic E-state index is 12.9. The lowest BCUT2D eigenvalue weighted by molar-refractivity contribution is -0.114. The maximum Gasteiger partial charge on any atom is 0.255 e. The number of amides is 2. The lowest BCUT2D eigenvalue weighted by Gasteiger charge is -2.12. The molecule has 0 saturated heterocycles. The molecule has 6 nitrogen and oxygen atoms in total. The molecule has 0 aliphatic carbocycles. The van der Waals surface area contributed by atoms with Gasteiger partial charge in [0.15, 0.2) is 0 Å². The van der Waals surface area contributed by atoms with Crippen LogP contribution in [-0.4, -0.2) is 23.0 Å². The molecule has 2 N–H and O–H groups in total. The quantitative estimate of drug-likeness (QED) is 0.476. The monoisotopic (exact) mass is 426 g/mol. The Labute approximate surface area is 182 Å². The molecule has 31 heavy (non-hydrogen) atoms. The predicted octanol–water partition coefficient (Wildman–Crippen LogP) is 5.11. The summed E-state index contributed by atoms with van der Waals surface area (Å²) in [5, 5.41) is 6.77. The van der Waals surface area contributed by atoms with Crippen LogP contribution in [0.4, 0.5) is 11.5 Å². The van der Waals surface area contributed by atoms with Crippen molar-refractivity contribution in [1.82, 2.24) is 4.98 Å². The average Bonchev–Trinajstić information content (AvgIpc) is 3.39. The number of hydrogen-bond donors (Lipinski definition) is 2. The number of fused-ring (bicyclic) bond motifs is 2. The first-order valence-corrected chi connectivity index (χ1v) is 10.6. The standard InChI is InChI=1S/C24H18N4O2S/c1-14(29)27-23-10-16(6-7-26-23)24(30)28-18-8-17-12-25-13-20(17)19(11-18)22-9-15-4-2-3-5-21(15)31-22/h2-12H,13H2,1H3,(H,28,30)(H,26,27,29). The van der Waals surface area contributed by atoms with E-state index in [2.05, 4.69) is 38.8 Å². The number of aliphatic imine (C=N–C) groups is 1. The summed E-state index contributed by atoms with van der Waals surface area (Å²) >= 11 is 1.73. The minimum atomic E-state index is -0.272. The smallest absolute Gasteiger partial charge is 0.255 e. The van der Waals surface area contributed by atoms with E-state index in [1.807, 2.05) is 30.5 Å². The molecule has 0 bridgehead atoms. The molecule has 3 heterocycles. The molecule has 5 rings (SSSR count). The predicted molar refractivity (Wildman–Crippen MR) is 125 cm³/mol. The molecule has 0 spiro atoms. The number of carbonyl (C=O) groups is 2. The second-order valence-corrected chi connectivity index (χ2v) is 8.36. The van der Waals surface area contributed by atoms with Gasteiger partial charge in [0.2, 0.25) is 5.91 Å². The molecule has 0 fully saturated rings.